The number of aryl methyl sites for hydroxylation is 1. The SMILES string of the molecule is Cn1c(CCN2CCCC2)nc2ccc(C#N)cc21. The summed E-state index contributed by atoms with van der Waals surface area (Å²) in [5, 5.41) is 8.96. The Morgan fingerprint density at radius 3 is 2.84 bits per heavy atom. The minimum absolute atomic E-state index is 0.696. The molecular weight excluding hydrogens is 236 g/mol. The van der Waals surface area contributed by atoms with E-state index < -0.39 is 0 Å². The molecule has 0 unspecified atom stereocenters. The molecule has 0 amide bonds. The van der Waals surface area contributed by atoms with E-state index >= 15 is 0 Å². The van der Waals surface area contributed by atoms with E-state index in [1.807, 2.05) is 25.2 Å². The molecule has 1 aliphatic rings. The number of likely N-dealkylation sites (tertiary alicyclic amines) is 1. The summed E-state index contributed by atoms with van der Waals surface area (Å²) in [6.07, 6.45) is 3.63. The standard InChI is InChI=1S/C15H18N4/c1-18-14-10-12(11-16)4-5-13(14)17-15(18)6-9-19-7-2-3-8-19/h4-5,10H,2-3,6-9H2,1H3. The number of hydrogen-bond donors (Lipinski definition) is 0. The summed E-state index contributed by atoms with van der Waals surface area (Å²) in [4.78, 5) is 7.18. The minimum Gasteiger partial charge on any atom is -0.331 e. The number of rotatable bonds is 3. The maximum absolute atomic E-state index is 8.96. The van der Waals surface area contributed by atoms with Gasteiger partial charge in [0.25, 0.3) is 0 Å². The van der Waals surface area contributed by atoms with E-state index in [0.717, 1.165) is 29.8 Å². The van der Waals surface area contributed by atoms with Gasteiger partial charge in [-0.25, -0.2) is 4.98 Å². The molecule has 4 heteroatoms. The van der Waals surface area contributed by atoms with Crippen molar-refractivity contribution in [1.29, 1.82) is 5.26 Å². The molecule has 0 bridgehead atoms. The van der Waals surface area contributed by atoms with Crippen molar-refractivity contribution in [2.24, 2.45) is 7.05 Å². The van der Waals surface area contributed by atoms with Crippen LogP contribution in [0.2, 0.25) is 0 Å². The van der Waals surface area contributed by atoms with Crippen LogP contribution in [0.15, 0.2) is 18.2 Å². The fraction of sp³-hybridized carbons (Fsp3) is 0.467. The van der Waals surface area contributed by atoms with Crippen molar-refractivity contribution in [2.75, 3.05) is 19.6 Å². The van der Waals surface area contributed by atoms with E-state index in [0.29, 0.717) is 5.56 Å². The van der Waals surface area contributed by atoms with Gasteiger partial charge >= 0.3 is 0 Å². The van der Waals surface area contributed by atoms with E-state index in [1.54, 1.807) is 0 Å². The molecule has 98 valence electrons. The Morgan fingerprint density at radius 1 is 1.32 bits per heavy atom. The third-order valence-corrected chi connectivity index (χ3v) is 3.95. The zero-order chi connectivity index (χ0) is 13.2. The predicted octanol–water partition coefficient (Wildman–Crippen LogP) is 2.08. The third kappa shape index (κ3) is 2.34. The maximum atomic E-state index is 8.96. The van der Waals surface area contributed by atoms with Crippen molar-refractivity contribution in [3.05, 3.63) is 29.6 Å². The van der Waals surface area contributed by atoms with Gasteiger partial charge in [-0.2, -0.15) is 5.26 Å². The lowest BCUT2D eigenvalue weighted by Crippen LogP contribution is -2.22. The zero-order valence-corrected chi connectivity index (χ0v) is 11.3. The number of hydrogen-bond acceptors (Lipinski definition) is 3. The summed E-state index contributed by atoms with van der Waals surface area (Å²) in [6.45, 7) is 3.54. The Morgan fingerprint density at radius 2 is 2.11 bits per heavy atom. The van der Waals surface area contributed by atoms with Gasteiger partial charge in [-0.3, -0.25) is 0 Å². The van der Waals surface area contributed by atoms with Crippen molar-refractivity contribution in [3.63, 3.8) is 0 Å². The van der Waals surface area contributed by atoms with Crippen LogP contribution < -0.4 is 0 Å². The van der Waals surface area contributed by atoms with Crippen LogP contribution in [0.4, 0.5) is 0 Å². The second-order valence-electron chi connectivity index (χ2n) is 5.20. The van der Waals surface area contributed by atoms with E-state index in [1.165, 1.54) is 25.9 Å². The number of nitriles is 1. The summed E-state index contributed by atoms with van der Waals surface area (Å²) in [5.41, 5.74) is 2.73. The molecule has 4 nitrogen and oxygen atoms in total. The first-order chi connectivity index (χ1) is 9.28. The minimum atomic E-state index is 0.696. The van der Waals surface area contributed by atoms with E-state index in [2.05, 4.69) is 20.5 Å². The monoisotopic (exact) mass is 254 g/mol. The van der Waals surface area contributed by atoms with Crippen molar-refractivity contribution in [3.8, 4) is 6.07 Å². The van der Waals surface area contributed by atoms with Crippen LogP contribution in [0.1, 0.15) is 24.2 Å². The highest BCUT2D eigenvalue weighted by Gasteiger charge is 2.13. The quantitative estimate of drug-likeness (QED) is 0.842. The fourth-order valence-corrected chi connectivity index (χ4v) is 2.80. The fourth-order valence-electron chi connectivity index (χ4n) is 2.80. The van der Waals surface area contributed by atoms with Crippen molar-refractivity contribution >= 4 is 11.0 Å². The Kier molecular flexibility index (Phi) is 3.22. The first-order valence-electron chi connectivity index (χ1n) is 6.86. The molecule has 1 fully saturated rings. The first-order valence-corrected chi connectivity index (χ1v) is 6.86. The molecule has 1 saturated heterocycles. The molecular formula is C15H18N4. The van der Waals surface area contributed by atoms with Gasteiger partial charge < -0.3 is 9.47 Å². The molecule has 1 aliphatic heterocycles. The number of aromatic nitrogens is 2. The lowest BCUT2D eigenvalue weighted by Gasteiger charge is -2.13. The first kappa shape index (κ1) is 12.2. The molecule has 0 aliphatic carbocycles. The number of imidazole rings is 1. The maximum Gasteiger partial charge on any atom is 0.110 e. The second-order valence-corrected chi connectivity index (χ2v) is 5.20. The van der Waals surface area contributed by atoms with Crippen LogP contribution in [0, 0.1) is 11.3 Å². The Bertz CT molecular complexity index is 629. The van der Waals surface area contributed by atoms with E-state index in [9.17, 15) is 0 Å². The van der Waals surface area contributed by atoms with Gasteiger partial charge in [-0.15, -0.1) is 0 Å². The molecule has 0 radical (unpaired) electrons. The van der Waals surface area contributed by atoms with Gasteiger partial charge in [0, 0.05) is 20.0 Å². The molecule has 0 saturated carbocycles. The number of fused-ring (bicyclic) bond motifs is 1. The van der Waals surface area contributed by atoms with Crippen molar-refractivity contribution < 1.29 is 0 Å². The molecule has 19 heavy (non-hydrogen) atoms. The summed E-state index contributed by atoms with van der Waals surface area (Å²) in [7, 11) is 2.04. The predicted molar refractivity (Wildman–Crippen MR) is 74.8 cm³/mol. The second kappa shape index (κ2) is 5.02. The topological polar surface area (TPSA) is 44.9 Å². The highest BCUT2D eigenvalue weighted by Crippen LogP contribution is 2.17. The Labute approximate surface area is 113 Å². The summed E-state index contributed by atoms with van der Waals surface area (Å²) < 4.78 is 2.12. The van der Waals surface area contributed by atoms with Crippen molar-refractivity contribution in [2.45, 2.75) is 19.3 Å². The summed E-state index contributed by atoms with van der Waals surface area (Å²) >= 11 is 0. The number of benzene rings is 1. The lowest BCUT2D eigenvalue weighted by atomic mass is 10.2. The van der Waals surface area contributed by atoms with E-state index in [4.69, 9.17) is 5.26 Å². The van der Waals surface area contributed by atoms with Crippen LogP contribution >= 0.6 is 0 Å². The molecule has 0 atom stereocenters. The molecule has 3 rings (SSSR count). The van der Waals surface area contributed by atoms with Gasteiger partial charge in [0.15, 0.2) is 0 Å². The molecule has 2 aromatic rings. The van der Waals surface area contributed by atoms with Gasteiger partial charge in [-0.05, 0) is 44.1 Å². The highest BCUT2D eigenvalue weighted by atomic mass is 15.1. The number of nitrogens with zero attached hydrogens (tertiary/aromatic N) is 4. The average molecular weight is 254 g/mol. The summed E-state index contributed by atoms with van der Waals surface area (Å²) in [5.74, 6) is 1.11. The molecule has 0 N–H and O–H groups in total. The van der Waals surface area contributed by atoms with Crippen LogP contribution in [-0.4, -0.2) is 34.1 Å². The lowest BCUT2D eigenvalue weighted by molar-refractivity contribution is 0.340. The van der Waals surface area contributed by atoms with Crippen LogP contribution in [0.3, 0.4) is 0 Å². The van der Waals surface area contributed by atoms with Crippen LogP contribution in [0.25, 0.3) is 11.0 Å². The summed E-state index contributed by atoms with van der Waals surface area (Å²) in [6, 6.07) is 7.87. The highest BCUT2D eigenvalue weighted by molar-refractivity contribution is 5.77. The van der Waals surface area contributed by atoms with Gasteiger partial charge in [-0.1, -0.05) is 0 Å². The zero-order valence-electron chi connectivity index (χ0n) is 11.3. The normalized spacial score (nSPS) is 16.0. The van der Waals surface area contributed by atoms with Crippen molar-refractivity contribution in [1.82, 2.24) is 14.5 Å². The van der Waals surface area contributed by atoms with Crippen LogP contribution in [-0.2, 0) is 13.5 Å². The Balaban J connectivity index is 1.83. The van der Waals surface area contributed by atoms with Gasteiger partial charge in [0.2, 0.25) is 0 Å². The van der Waals surface area contributed by atoms with Crippen LogP contribution in [0.5, 0.6) is 0 Å². The molecule has 1 aromatic heterocycles. The molecule has 2 heterocycles. The third-order valence-electron chi connectivity index (χ3n) is 3.95. The Hall–Kier alpha value is -1.86. The largest absolute Gasteiger partial charge is 0.331 e. The smallest absolute Gasteiger partial charge is 0.110 e. The van der Waals surface area contributed by atoms with E-state index in [-0.39, 0.29) is 0 Å². The van der Waals surface area contributed by atoms with Gasteiger partial charge in [0.05, 0.1) is 22.7 Å². The molecule has 1 aromatic carbocycles. The average Bonchev–Trinajstić information content (AvgIpc) is 3.05. The van der Waals surface area contributed by atoms with Gasteiger partial charge in [0.1, 0.15) is 5.82 Å². The molecule has 0 spiro atoms.